The zero-order valence-electron chi connectivity index (χ0n) is 16.2. The van der Waals surface area contributed by atoms with E-state index in [0.29, 0.717) is 0 Å². The molecule has 0 amide bonds. The fraction of sp³-hybridized carbons (Fsp3) is 0.684. The molecule has 24 heavy (non-hydrogen) atoms. The first-order chi connectivity index (χ1) is 11.3. The Morgan fingerprint density at radius 3 is 1.83 bits per heavy atom. The quantitative estimate of drug-likeness (QED) is 0.562. The molecule has 4 nitrogen and oxygen atoms in total. The average molecular weight is 334 g/mol. The Labute approximate surface area is 147 Å². The molecule has 0 atom stereocenters. The van der Waals surface area contributed by atoms with E-state index in [1.807, 2.05) is 27.7 Å². The largest absolute Gasteiger partial charge is 0.502 e. The second-order valence-electron chi connectivity index (χ2n) is 7.46. The minimum Gasteiger partial charge on any atom is -0.497 e. The van der Waals surface area contributed by atoms with E-state index in [9.17, 15) is 0 Å². The Balaban J connectivity index is 2.36. The maximum Gasteiger partial charge on any atom is 0.502 e. The van der Waals surface area contributed by atoms with E-state index in [1.54, 1.807) is 14.2 Å². The van der Waals surface area contributed by atoms with Crippen LogP contribution in [0.4, 0.5) is 0 Å². The van der Waals surface area contributed by atoms with Crippen molar-refractivity contribution in [3.8, 4) is 11.5 Å². The van der Waals surface area contributed by atoms with Gasteiger partial charge < -0.3 is 18.8 Å². The van der Waals surface area contributed by atoms with Crippen LogP contribution < -0.4 is 14.9 Å². The van der Waals surface area contributed by atoms with Gasteiger partial charge in [0.1, 0.15) is 11.5 Å². The maximum absolute atomic E-state index is 6.19. The molecule has 2 rings (SSSR count). The monoisotopic (exact) mass is 334 g/mol. The Morgan fingerprint density at radius 1 is 0.917 bits per heavy atom. The predicted molar refractivity (Wildman–Crippen MR) is 98.5 cm³/mol. The Hall–Kier alpha value is -1.20. The van der Waals surface area contributed by atoms with Crippen molar-refractivity contribution in [2.75, 3.05) is 14.2 Å². The Morgan fingerprint density at radius 2 is 1.42 bits per heavy atom. The van der Waals surface area contributed by atoms with Crippen LogP contribution in [-0.2, 0) is 15.7 Å². The molecule has 0 aliphatic carbocycles. The molecular weight excluding hydrogens is 303 g/mol. The van der Waals surface area contributed by atoms with Crippen molar-refractivity contribution in [1.82, 2.24) is 0 Å². The highest BCUT2D eigenvalue weighted by Gasteiger charge is 2.53. The summed E-state index contributed by atoms with van der Waals surface area (Å²) in [5.74, 6) is 1.53. The van der Waals surface area contributed by atoms with Gasteiger partial charge in [-0.2, -0.15) is 0 Å². The van der Waals surface area contributed by atoms with Crippen molar-refractivity contribution < 1.29 is 18.8 Å². The van der Waals surface area contributed by atoms with Crippen molar-refractivity contribution >= 4 is 12.6 Å². The molecule has 134 valence electrons. The SMILES string of the molecule is CCCCCc1cc(OC)c(B2OC(C)(C)C(C)(C)O2)c(OC)c1. The molecule has 0 unspecified atom stereocenters. The molecule has 1 aromatic rings. The van der Waals surface area contributed by atoms with Crippen molar-refractivity contribution in [3.05, 3.63) is 17.7 Å². The first-order valence-electron chi connectivity index (χ1n) is 8.86. The zero-order chi connectivity index (χ0) is 18.0. The maximum atomic E-state index is 6.19. The van der Waals surface area contributed by atoms with Crippen LogP contribution in [0.15, 0.2) is 12.1 Å². The lowest BCUT2D eigenvalue weighted by Crippen LogP contribution is -2.41. The van der Waals surface area contributed by atoms with Crippen molar-refractivity contribution in [2.45, 2.75) is 71.5 Å². The lowest BCUT2D eigenvalue weighted by atomic mass is 9.76. The molecule has 0 bridgehead atoms. The van der Waals surface area contributed by atoms with Gasteiger partial charge in [0.15, 0.2) is 0 Å². The van der Waals surface area contributed by atoms with Crippen LogP contribution in [-0.4, -0.2) is 32.5 Å². The van der Waals surface area contributed by atoms with Crippen LogP contribution >= 0.6 is 0 Å². The molecule has 1 aromatic carbocycles. The van der Waals surface area contributed by atoms with Gasteiger partial charge in [-0.3, -0.25) is 0 Å². The average Bonchev–Trinajstić information content (AvgIpc) is 2.74. The summed E-state index contributed by atoms with van der Waals surface area (Å²) in [5, 5.41) is 0. The van der Waals surface area contributed by atoms with E-state index in [2.05, 4.69) is 19.1 Å². The summed E-state index contributed by atoms with van der Waals surface area (Å²) in [6.45, 7) is 10.4. The number of methoxy groups -OCH3 is 2. The number of ether oxygens (including phenoxy) is 2. The summed E-state index contributed by atoms with van der Waals surface area (Å²) < 4.78 is 23.7. The minimum atomic E-state index is -0.496. The van der Waals surface area contributed by atoms with E-state index in [-0.39, 0.29) is 0 Å². The minimum absolute atomic E-state index is 0.395. The highest BCUT2D eigenvalue weighted by atomic mass is 16.7. The third kappa shape index (κ3) is 3.73. The second kappa shape index (κ2) is 7.36. The van der Waals surface area contributed by atoms with Gasteiger partial charge in [0.2, 0.25) is 0 Å². The van der Waals surface area contributed by atoms with Crippen LogP contribution in [0.3, 0.4) is 0 Å². The van der Waals surface area contributed by atoms with Gasteiger partial charge in [-0.1, -0.05) is 19.8 Å². The molecule has 0 saturated carbocycles. The van der Waals surface area contributed by atoms with E-state index in [4.69, 9.17) is 18.8 Å². The molecule has 5 heteroatoms. The summed E-state index contributed by atoms with van der Waals surface area (Å²) in [5.41, 5.74) is 1.26. The molecule has 0 radical (unpaired) electrons. The standard InChI is InChI=1S/C19H31BO4/c1-8-9-10-11-14-12-15(21-6)17(16(13-14)22-7)20-23-18(2,3)19(4,5)24-20/h12-13H,8-11H2,1-7H3. The second-order valence-corrected chi connectivity index (χ2v) is 7.46. The molecule has 1 saturated heterocycles. The van der Waals surface area contributed by atoms with E-state index in [1.165, 1.54) is 24.8 Å². The van der Waals surface area contributed by atoms with Crippen LogP contribution in [0.2, 0.25) is 0 Å². The highest BCUT2D eigenvalue weighted by molar-refractivity contribution is 6.64. The first kappa shape index (κ1) is 19.1. The number of hydrogen-bond acceptors (Lipinski definition) is 4. The molecule has 1 aliphatic heterocycles. The van der Waals surface area contributed by atoms with Crippen molar-refractivity contribution in [3.63, 3.8) is 0 Å². The van der Waals surface area contributed by atoms with Crippen molar-refractivity contribution in [2.24, 2.45) is 0 Å². The van der Waals surface area contributed by atoms with Gasteiger partial charge in [0.05, 0.1) is 30.9 Å². The Kier molecular flexibility index (Phi) is 5.87. The van der Waals surface area contributed by atoms with E-state index in [0.717, 1.165) is 23.4 Å². The summed E-state index contributed by atoms with van der Waals surface area (Å²) >= 11 is 0. The predicted octanol–water partition coefficient (Wildman–Crippen LogP) is 3.74. The summed E-state index contributed by atoms with van der Waals surface area (Å²) in [6.07, 6.45) is 4.62. The number of aryl methyl sites for hydroxylation is 1. The van der Waals surface area contributed by atoms with Crippen LogP contribution in [0, 0.1) is 0 Å². The van der Waals surface area contributed by atoms with Gasteiger partial charge in [-0.15, -0.1) is 0 Å². The smallest absolute Gasteiger partial charge is 0.497 e. The molecular formula is C19H31BO4. The van der Waals surface area contributed by atoms with Gasteiger partial charge in [-0.25, -0.2) is 0 Å². The summed E-state index contributed by atoms with van der Waals surface area (Å²) in [7, 11) is 2.86. The van der Waals surface area contributed by atoms with Crippen LogP contribution in [0.5, 0.6) is 11.5 Å². The molecule has 0 spiro atoms. The van der Waals surface area contributed by atoms with Gasteiger partial charge >= 0.3 is 7.12 Å². The first-order valence-corrected chi connectivity index (χ1v) is 8.86. The topological polar surface area (TPSA) is 36.9 Å². The van der Waals surface area contributed by atoms with E-state index >= 15 is 0 Å². The highest BCUT2D eigenvalue weighted by Crippen LogP contribution is 2.38. The molecule has 0 N–H and O–H groups in total. The van der Waals surface area contributed by atoms with Crippen LogP contribution in [0.1, 0.15) is 59.4 Å². The van der Waals surface area contributed by atoms with Gasteiger partial charge in [0, 0.05) is 0 Å². The fourth-order valence-electron chi connectivity index (χ4n) is 2.91. The van der Waals surface area contributed by atoms with Gasteiger partial charge in [0.25, 0.3) is 0 Å². The van der Waals surface area contributed by atoms with E-state index < -0.39 is 18.3 Å². The number of unbranched alkanes of at least 4 members (excludes halogenated alkanes) is 2. The van der Waals surface area contributed by atoms with Crippen molar-refractivity contribution in [1.29, 1.82) is 0 Å². The third-order valence-corrected chi connectivity index (χ3v) is 5.16. The van der Waals surface area contributed by atoms with Gasteiger partial charge in [-0.05, 0) is 58.2 Å². The third-order valence-electron chi connectivity index (χ3n) is 5.16. The summed E-state index contributed by atoms with van der Waals surface area (Å²) in [6, 6.07) is 4.16. The molecule has 1 heterocycles. The number of rotatable bonds is 7. The number of hydrogen-bond donors (Lipinski definition) is 0. The molecule has 1 aliphatic rings. The lowest BCUT2D eigenvalue weighted by molar-refractivity contribution is 0.00578. The normalized spacial score (nSPS) is 18.7. The molecule has 0 aromatic heterocycles. The van der Waals surface area contributed by atoms with Crippen LogP contribution in [0.25, 0.3) is 0 Å². The Bertz CT molecular complexity index is 527. The number of benzene rings is 1. The molecule has 1 fully saturated rings. The fourth-order valence-corrected chi connectivity index (χ4v) is 2.91. The lowest BCUT2D eigenvalue weighted by Gasteiger charge is -2.32. The summed E-state index contributed by atoms with van der Waals surface area (Å²) in [4.78, 5) is 0. The zero-order valence-corrected chi connectivity index (χ0v) is 16.2.